The number of amidine groups is 1. The summed E-state index contributed by atoms with van der Waals surface area (Å²) in [5.41, 5.74) is 10.4. The summed E-state index contributed by atoms with van der Waals surface area (Å²) in [4.78, 5) is 7.52. The van der Waals surface area contributed by atoms with E-state index in [2.05, 4.69) is 9.62 Å². The van der Waals surface area contributed by atoms with E-state index < -0.39 is 10.0 Å². The van der Waals surface area contributed by atoms with Crippen molar-refractivity contribution in [1.29, 1.82) is 5.41 Å². The predicted octanol–water partition coefficient (Wildman–Crippen LogP) is 4.08. The number of imidazole rings is 1. The third kappa shape index (κ3) is 5.74. The van der Waals surface area contributed by atoms with Gasteiger partial charge in [0.1, 0.15) is 11.7 Å². The Morgan fingerprint density at radius 2 is 1.74 bits per heavy atom. The number of anilines is 1. The second-order valence-electron chi connectivity index (χ2n) is 9.91. The summed E-state index contributed by atoms with van der Waals surface area (Å²) in [6.07, 6.45) is 4.66. The Morgan fingerprint density at radius 1 is 1.00 bits per heavy atom. The van der Waals surface area contributed by atoms with E-state index in [-0.39, 0.29) is 5.84 Å². The third-order valence-corrected chi connectivity index (χ3v) is 8.77. The average molecular weight is 531 g/mol. The SMILES string of the molecule is Cn1c(CCc2ccc(C(=N)N)cc2)nc2cc(NS(=O)(=O)c3ccccc3CCN3CCCC3)ccc21. The number of rotatable bonds is 10. The minimum atomic E-state index is -3.74. The van der Waals surface area contributed by atoms with Gasteiger partial charge in [-0.25, -0.2) is 13.4 Å². The van der Waals surface area contributed by atoms with Gasteiger partial charge >= 0.3 is 0 Å². The molecule has 0 bridgehead atoms. The van der Waals surface area contributed by atoms with Crippen molar-refractivity contribution in [3.8, 4) is 0 Å². The summed E-state index contributed by atoms with van der Waals surface area (Å²) in [6.45, 7) is 3.05. The molecule has 0 atom stereocenters. The quantitative estimate of drug-likeness (QED) is 0.211. The van der Waals surface area contributed by atoms with Gasteiger partial charge in [0, 0.05) is 25.6 Å². The van der Waals surface area contributed by atoms with E-state index in [0.29, 0.717) is 22.6 Å². The van der Waals surface area contributed by atoms with Gasteiger partial charge in [-0.3, -0.25) is 10.1 Å². The van der Waals surface area contributed by atoms with Gasteiger partial charge in [0.15, 0.2) is 0 Å². The molecule has 4 aromatic rings. The third-order valence-electron chi connectivity index (χ3n) is 7.29. The highest BCUT2D eigenvalue weighted by atomic mass is 32.2. The lowest BCUT2D eigenvalue weighted by atomic mass is 10.1. The largest absolute Gasteiger partial charge is 0.384 e. The molecule has 0 amide bonds. The van der Waals surface area contributed by atoms with Gasteiger partial charge in [0.2, 0.25) is 0 Å². The van der Waals surface area contributed by atoms with Crippen LogP contribution in [0.2, 0.25) is 0 Å². The highest BCUT2D eigenvalue weighted by Gasteiger charge is 2.20. The molecule has 1 aliphatic heterocycles. The molecule has 5 rings (SSSR count). The lowest BCUT2D eigenvalue weighted by molar-refractivity contribution is 0.342. The summed E-state index contributed by atoms with van der Waals surface area (Å²) < 4.78 is 31.6. The van der Waals surface area contributed by atoms with Crippen LogP contribution in [0.3, 0.4) is 0 Å². The standard InChI is InChI=1S/C29H34N6O2S/c1-34-26-14-13-24(20-25(26)32-28(34)15-10-21-8-11-23(12-9-21)29(30)31)33-38(36,37)27-7-3-2-6-22(27)16-19-35-17-4-5-18-35/h2-3,6-9,11-14,20,33H,4-5,10,15-19H2,1H3,(H3,30,31). The molecular formula is C29H34N6O2S. The first-order chi connectivity index (χ1) is 18.3. The number of benzene rings is 3. The molecule has 1 saturated heterocycles. The van der Waals surface area contributed by atoms with Crippen LogP contribution >= 0.6 is 0 Å². The molecule has 0 radical (unpaired) electrons. The number of nitrogens with zero attached hydrogens (tertiary/aromatic N) is 3. The van der Waals surface area contributed by atoms with Crippen molar-refractivity contribution in [3.05, 3.63) is 89.2 Å². The molecule has 1 aromatic heterocycles. The van der Waals surface area contributed by atoms with Gasteiger partial charge in [-0.05, 0) is 74.2 Å². The fourth-order valence-corrected chi connectivity index (χ4v) is 6.43. The number of nitrogens with two attached hydrogens (primary N) is 1. The molecule has 0 saturated carbocycles. The van der Waals surface area contributed by atoms with Crippen molar-refractivity contribution in [3.63, 3.8) is 0 Å². The fourth-order valence-electron chi connectivity index (χ4n) is 5.11. The van der Waals surface area contributed by atoms with Crippen molar-refractivity contribution in [2.24, 2.45) is 12.8 Å². The van der Waals surface area contributed by atoms with Gasteiger partial charge in [-0.1, -0.05) is 42.5 Å². The molecule has 4 N–H and O–H groups in total. The zero-order valence-corrected chi connectivity index (χ0v) is 22.5. The van der Waals surface area contributed by atoms with E-state index in [1.54, 1.807) is 24.3 Å². The number of sulfonamides is 1. The van der Waals surface area contributed by atoms with E-state index in [1.165, 1.54) is 12.8 Å². The number of nitrogen functional groups attached to an aromatic ring is 1. The van der Waals surface area contributed by atoms with Crippen LogP contribution in [0.15, 0.2) is 71.6 Å². The summed E-state index contributed by atoms with van der Waals surface area (Å²) >= 11 is 0. The molecule has 2 heterocycles. The number of likely N-dealkylation sites (tertiary alicyclic amines) is 1. The van der Waals surface area contributed by atoms with E-state index in [4.69, 9.17) is 16.1 Å². The normalized spacial score (nSPS) is 14.2. The minimum Gasteiger partial charge on any atom is -0.384 e. The van der Waals surface area contributed by atoms with Crippen LogP contribution < -0.4 is 10.5 Å². The van der Waals surface area contributed by atoms with Crippen molar-refractivity contribution in [2.75, 3.05) is 24.4 Å². The number of hydrogen-bond acceptors (Lipinski definition) is 5. The van der Waals surface area contributed by atoms with Crippen molar-refractivity contribution >= 4 is 32.6 Å². The maximum atomic E-state index is 13.4. The van der Waals surface area contributed by atoms with E-state index >= 15 is 0 Å². The summed E-state index contributed by atoms with van der Waals surface area (Å²) in [5, 5.41) is 7.53. The predicted molar refractivity (Wildman–Crippen MR) is 152 cm³/mol. The van der Waals surface area contributed by atoms with Gasteiger partial charge < -0.3 is 15.2 Å². The van der Waals surface area contributed by atoms with Crippen LogP contribution in [-0.2, 0) is 36.3 Å². The minimum absolute atomic E-state index is 0.0592. The van der Waals surface area contributed by atoms with Crippen LogP contribution in [-0.4, -0.2) is 48.3 Å². The van der Waals surface area contributed by atoms with Crippen LogP contribution in [0.5, 0.6) is 0 Å². The Hall–Kier alpha value is -3.69. The van der Waals surface area contributed by atoms with Crippen LogP contribution in [0.4, 0.5) is 5.69 Å². The fraction of sp³-hybridized carbons (Fsp3) is 0.310. The van der Waals surface area contributed by atoms with E-state index in [0.717, 1.165) is 60.5 Å². The summed E-state index contributed by atoms with van der Waals surface area (Å²) in [6, 6.07) is 20.4. The first-order valence-corrected chi connectivity index (χ1v) is 14.5. The lowest BCUT2D eigenvalue weighted by Crippen LogP contribution is -2.23. The number of hydrogen-bond donors (Lipinski definition) is 3. The molecular weight excluding hydrogens is 496 g/mol. The first-order valence-electron chi connectivity index (χ1n) is 13.0. The molecule has 1 fully saturated rings. The van der Waals surface area contributed by atoms with Crippen molar-refractivity contribution < 1.29 is 8.42 Å². The number of aromatic nitrogens is 2. The molecule has 8 nitrogen and oxygen atoms in total. The highest BCUT2D eigenvalue weighted by Crippen LogP contribution is 2.25. The molecule has 3 aromatic carbocycles. The molecule has 38 heavy (non-hydrogen) atoms. The van der Waals surface area contributed by atoms with Crippen LogP contribution in [0.25, 0.3) is 11.0 Å². The highest BCUT2D eigenvalue weighted by molar-refractivity contribution is 7.92. The van der Waals surface area contributed by atoms with Gasteiger partial charge in [0.25, 0.3) is 10.0 Å². The topological polar surface area (TPSA) is 117 Å². The Bertz CT molecular complexity index is 1550. The monoisotopic (exact) mass is 530 g/mol. The Balaban J connectivity index is 1.30. The Morgan fingerprint density at radius 3 is 2.47 bits per heavy atom. The van der Waals surface area contributed by atoms with Crippen molar-refractivity contribution in [1.82, 2.24) is 14.5 Å². The average Bonchev–Trinajstić information content (AvgIpc) is 3.54. The molecule has 0 aliphatic carbocycles. The molecule has 198 valence electrons. The van der Waals surface area contributed by atoms with E-state index in [9.17, 15) is 8.42 Å². The van der Waals surface area contributed by atoms with Gasteiger partial charge in [0.05, 0.1) is 21.6 Å². The molecule has 0 unspecified atom stereocenters. The maximum Gasteiger partial charge on any atom is 0.262 e. The molecule has 0 spiro atoms. The lowest BCUT2D eigenvalue weighted by Gasteiger charge is -2.16. The Labute approximate surface area is 224 Å². The number of fused-ring (bicyclic) bond motifs is 1. The zero-order chi connectivity index (χ0) is 26.7. The zero-order valence-electron chi connectivity index (χ0n) is 21.7. The smallest absolute Gasteiger partial charge is 0.262 e. The van der Waals surface area contributed by atoms with E-state index in [1.807, 2.05) is 54.1 Å². The van der Waals surface area contributed by atoms with Crippen LogP contribution in [0, 0.1) is 5.41 Å². The number of nitrogens with one attached hydrogen (secondary N) is 2. The first kappa shape index (κ1) is 25.9. The second kappa shape index (κ2) is 11.0. The van der Waals surface area contributed by atoms with Gasteiger partial charge in [-0.15, -0.1) is 0 Å². The molecule has 9 heteroatoms. The maximum absolute atomic E-state index is 13.4. The Kier molecular flexibility index (Phi) is 7.49. The second-order valence-corrected chi connectivity index (χ2v) is 11.6. The summed E-state index contributed by atoms with van der Waals surface area (Å²) in [7, 11) is -1.77. The summed E-state index contributed by atoms with van der Waals surface area (Å²) in [5.74, 6) is 0.979. The number of aryl methyl sites for hydroxylation is 3. The van der Waals surface area contributed by atoms with Crippen LogP contribution in [0.1, 0.15) is 35.4 Å². The molecule has 1 aliphatic rings. The van der Waals surface area contributed by atoms with Gasteiger partial charge in [-0.2, -0.15) is 0 Å². The van der Waals surface area contributed by atoms with Crippen molar-refractivity contribution in [2.45, 2.75) is 37.0 Å².